The van der Waals surface area contributed by atoms with E-state index in [0.717, 1.165) is 5.56 Å². The van der Waals surface area contributed by atoms with Gasteiger partial charge in [-0.2, -0.15) is 0 Å². The van der Waals surface area contributed by atoms with E-state index in [1.807, 2.05) is 0 Å². The Morgan fingerprint density at radius 2 is 1.94 bits per heavy atom. The Kier molecular flexibility index (Phi) is 5.04. The summed E-state index contributed by atoms with van der Waals surface area (Å²) in [5.41, 5.74) is 3.50. The Hall–Kier alpha value is -0.980. The molecular weight excluding hydrogens is 243 g/mol. The molecule has 3 N–H and O–H groups in total. The van der Waals surface area contributed by atoms with Crippen LogP contribution in [0.4, 0.5) is 4.39 Å². The van der Waals surface area contributed by atoms with Crippen LogP contribution in [0.2, 0.25) is 0 Å². The molecule has 0 fully saturated rings. The topological polar surface area (TPSA) is 72.2 Å². The molecule has 0 bridgehead atoms. The van der Waals surface area contributed by atoms with Crippen molar-refractivity contribution in [3.8, 4) is 0 Å². The first-order chi connectivity index (χ1) is 7.90. The molecule has 0 aliphatic heterocycles. The predicted molar refractivity (Wildman–Crippen MR) is 65.5 cm³/mol. The van der Waals surface area contributed by atoms with Gasteiger partial charge in [-0.3, -0.25) is 11.3 Å². The summed E-state index contributed by atoms with van der Waals surface area (Å²) in [7, 11) is -2.98. The van der Waals surface area contributed by atoms with Gasteiger partial charge >= 0.3 is 0 Å². The van der Waals surface area contributed by atoms with E-state index in [1.54, 1.807) is 12.1 Å². The molecule has 1 aromatic carbocycles. The molecular formula is C11H17FN2O2S. The molecule has 1 aromatic rings. The van der Waals surface area contributed by atoms with E-state index in [-0.39, 0.29) is 17.6 Å². The first-order valence-corrected chi connectivity index (χ1v) is 7.35. The molecule has 0 aliphatic rings. The second-order valence-electron chi connectivity index (χ2n) is 4.11. The Bertz CT molecular complexity index is 445. The standard InChI is InChI=1S/C11H17FN2O2S/c1-17(15,16)7-6-11(14-13)8-9-2-4-10(12)5-3-9/h2-5,11,14H,6-8,13H2,1H3. The van der Waals surface area contributed by atoms with Crippen molar-refractivity contribution in [2.24, 2.45) is 5.84 Å². The van der Waals surface area contributed by atoms with Crippen LogP contribution in [0.3, 0.4) is 0 Å². The van der Waals surface area contributed by atoms with Gasteiger partial charge in [-0.05, 0) is 30.5 Å². The SMILES string of the molecule is CS(=O)(=O)CCC(Cc1ccc(F)cc1)NN. The van der Waals surface area contributed by atoms with Gasteiger partial charge in [0.15, 0.2) is 0 Å². The minimum atomic E-state index is -2.98. The van der Waals surface area contributed by atoms with E-state index in [0.29, 0.717) is 12.8 Å². The van der Waals surface area contributed by atoms with Gasteiger partial charge in [-0.15, -0.1) is 0 Å². The number of halogens is 1. The highest BCUT2D eigenvalue weighted by Gasteiger charge is 2.11. The lowest BCUT2D eigenvalue weighted by molar-refractivity contribution is 0.506. The van der Waals surface area contributed by atoms with Crippen molar-refractivity contribution in [2.75, 3.05) is 12.0 Å². The van der Waals surface area contributed by atoms with Gasteiger partial charge in [0, 0.05) is 12.3 Å². The zero-order valence-electron chi connectivity index (χ0n) is 9.69. The fourth-order valence-electron chi connectivity index (χ4n) is 1.51. The second kappa shape index (κ2) is 6.09. The zero-order chi connectivity index (χ0) is 12.9. The minimum Gasteiger partial charge on any atom is -0.271 e. The van der Waals surface area contributed by atoms with Crippen LogP contribution in [-0.4, -0.2) is 26.5 Å². The van der Waals surface area contributed by atoms with Gasteiger partial charge in [-0.25, -0.2) is 12.8 Å². The van der Waals surface area contributed by atoms with Crippen molar-refractivity contribution in [3.05, 3.63) is 35.6 Å². The van der Waals surface area contributed by atoms with Gasteiger partial charge < -0.3 is 0 Å². The zero-order valence-corrected chi connectivity index (χ0v) is 10.5. The molecule has 6 heteroatoms. The summed E-state index contributed by atoms with van der Waals surface area (Å²) >= 11 is 0. The van der Waals surface area contributed by atoms with Crippen LogP contribution in [0, 0.1) is 5.82 Å². The lowest BCUT2D eigenvalue weighted by Crippen LogP contribution is -2.38. The molecule has 0 heterocycles. The van der Waals surface area contributed by atoms with Gasteiger partial charge in [0.2, 0.25) is 0 Å². The summed E-state index contributed by atoms with van der Waals surface area (Å²) in [4.78, 5) is 0. The maximum Gasteiger partial charge on any atom is 0.147 e. The average Bonchev–Trinajstić information content (AvgIpc) is 2.25. The monoisotopic (exact) mass is 260 g/mol. The number of hydrogen-bond acceptors (Lipinski definition) is 4. The highest BCUT2D eigenvalue weighted by molar-refractivity contribution is 7.90. The van der Waals surface area contributed by atoms with Gasteiger partial charge in [-0.1, -0.05) is 12.1 Å². The number of nitrogens with one attached hydrogen (secondary N) is 1. The first kappa shape index (κ1) is 14.1. The number of benzene rings is 1. The molecule has 4 nitrogen and oxygen atoms in total. The molecule has 0 amide bonds. The Morgan fingerprint density at radius 3 is 2.41 bits per heavy atom. The summed E-state index contributed by atoms with van der Waals surface area (Å²) < 4.78 is 34.8. The summed E-state index contributed by atoms with van der Waals surface area (Å²) in [5.74, 6) is 5.16. The van der Waals surface area contributed by atoms with Crippen LogP contribution in [0.1, 0.15) is 12.0 Å². The van der Waals surface area contributed by atoms with Crippen molar-refractivity contribution >= 4 is 9.84 Å². The average molecular weight is 260 g/mol. The number of hydrogen-bond donors (Lipinski definition) is 2. The smallest absolute Gasteiger partial charge is 0.147 e. The van der Waals surface area contributed by atoms with Crippen molar-refractivity contribution in [1.82, 2.24) is 5.43 Å². The Balaban J connectivity index is 2.55. The highest BCUT2D eigenvalue weighted by Crippen LogP contribution is 2.08. The molecule has 1 unspecified atom stereocenters. The van der Waals surface area contributed by atoms with E-state index < -0.39 is 9.84 Å². The predicted octanol–water partition coefficient (Wildman–Crippen LogP) is 0.635. The van der Waals surface area contributed by atoms with Crippen LogP contribution in [0.25, 0.3) is 0 Å². The summed E-state index contributed by atoms with van der Waals surface area (Å²) in [6.07, 6.45) is 2.21. The third-order valence-corrected chi connectivity index (χ3v) is 3.45. The quantitative estimate of drug-likeness (QED) is 0.581. The highest BCUT2D eigenvalue weighted by atomic mass is 32.2. The summed E-state index contributed by atoms with van der Waals surface area (Å²) in [6.45, 7) is 0. The molecule has 1 rings (SSSR count). The van der Waals surface area contributed by atoms with E-state index in [2.05, 4.69) is 5.43 Å². The number of hydrazine groups is 1. The molecule has 0 saturated heterocycles. The Morgan fingerprint density at radius 1 is 1.35 bits per heavy atom. The summed E-state index contributed by atoms with van der Waals surface area (Å²) in [6, 6.07) is 5.95. The molecule has 1 atom stereocenters. The fourth-order valence-corrected chi connectivity index (χ4v) is 2.22. The van der Waals surface area contributed by atoms with Crippen LogP contribution >= 0.6 is 0 Å². The molecule has 0 saturated carbocycles. The Labute approximate surface area is 101 Å². The van der Waals surface area contributed by atoms with Crippen molar-refractivity contribution in [2.45, 2.75) is 18.9 Å². The van der Waals surface area contributed by atoms with E-state index >= 15 is 0 Å². The maximum atomic E-state index is 12.7. The minimum absolute atomic E-state index is 0.0864. The van der Waals surface area contributed by atoms with Crippen molar-refractivity contribution < 1.29 is 12.8 Å². The first-order valence-electron chi connectivity index (χ1n) is 5.29. The van der Waals surface area contributed by atoms with E-state index in [9.17, 15) is 12.8 Å². The third kappa shape index (κ3) is 5.76. The lowest BCUT2D eigenvalue weighted by atomic mass is 10.0. The van der Waals surface area contributed by atoms with Gasteiger partial charge in [0.25, 0.3) is 0 Å². The maximum absolute atomic E-state index is 12.7. The van der Waals surface area contributed by atoms with Gasteiger partial charge in [0.05, 0.1) is 5.75 Å². The second-order valence-corrected chi connectivity index (χ2v) is 6.37. The molecule has 96 valence electrons. The third-order valence-electron chi connectivity index (χ3n) is 2.47. The van der Waals surface area contributed by atoms with Gasteiger partial charge in [0.1, 0.15) is 15.7 Å². The van der Waals surface area contributed by atoms with Crippen LogP contribution < -0.4 is 11.3 Å². The molecule has 0 radical (unpaired) electrons. The number of sulfone groups is 1. The van der Waals surface area contributed by atoms with Crippen LogP contribution in [0.5, 0.6) is 0 Å². The van der Waals surface area contributed by atoms with Crippen LogP contribution in [-0.2, 0) is 16.3 Å². The molecule has 17 heavy (non-hydrogen) atoms. The van der Waals surface area contributed by atoms with Crippen LogP contribution in [0.15, 0.2) is 24.3 Å². The summed E-state index contributed by atoms with van der Waals surface area (Å²) in [5, 5.41) is 0. The van der Waals surface area contributed by atoms with E-state index in [1.165, 1.54) is 18.4 Å². The normalized spacial score (nSPS) is 13.6. The molecule has 0 aliphatic carbocycles. The number of nitrogens with two attached hydrogens (primary N) is 1. The largest absolute Gasteiger partial charge is 0.271 e. The molecule has 0 aromatic heterocycles. The van der Waals surface area contributed by atoms with Crippen molar-refractivity contribution in [1.29, 1.82) is 0 Å². The van der Waals surface area contributed by atoms with E-state index in [4.69, 9.17) is 5.84 Å². The fraction of sp³-hybridized carbons (Fsp3) is 0.455. The molecule has 0 spiro atoms. The van der Waals surface area contributed by atoms with Crippen molar-refractivity contribution in [3.63, 3.8) is 0 Å². The lowest BCUT2D eigenvalue weighted by Gasteiger charge is -2.15. The number of rotatable bonds is 6.